The molecule has 0 unspecified atom stereocenters. The van der Waals surface area contributed by atoms with Crippen molar-refractivity contribution in [1.29, 1.82) is 0 Å². The van der Waals surface area contributed by atoms with Crippen LogP contribution in [-0.2, 0) is 10.7 Å². The van der Waals surface area contributed by atoms with Crippen molar-refractivity contribution in [2.24, 2.45) is 0 Å². The zero-order valence-corrected chi connectivity index (χ0v) is 8.21. The molecular formula is C11H9F2NO2. The topological polar surface area (TPSA) is 53.1 Å². The second-order valence-corrected chi connectivity index (χ2v) is 3.52. The van der Waals surface area contributed by atoms with Gasteiger partial charge in [-0.3, -0.25) is 4.79 Å². The molecule has 0 saturated heterocycles. The van der Waals surface area contributed by atoms with Gasteiger partial charge >= 0.3 is 5.97 Å². The van der Waals surface area contributed by atoms with Gasteiger partial charge in [-0.05, 0) is 12.1 Å². The number of H-pyrrole nitrogens is 1. The highest BCUT2D eigenvalue weighted by Crippen LogP contribution is 2.35. The SMILES string of the molecule is O=C(O)CC(F)(F)c1cccc2[nH]ccc12. The molecule has 0 fully saturated rings. The van der Waals surface area contributed by atoms with E-state index in [4.69, 9.17) is 5.11 Å². The lowest BCUT2D eigenvalue weighted by Crippen LogP contribution is -2.18. The van der Waals surface area contributed by atoms with Gasteiger partial charge in [0.2, 0.25) is 0 Å². The lowest BCUT2D eigenvalue weighted by molar-refractivity contribution is -0.145. The van der Waals surface area contributed by atoms with Crippen LogP contribution in [0.1, 0.15) is 12.0 Å². The minimum absolute atomic E-state index is 0.256. The number of carboxylic acid groups (broad SMARTS) is 1. The number of aromatic nitrogens is 1. The first-order chi connectivity index (χ1) is 7.50. The van der Waals surface area contributed by atoms with Gasteiger partial charge in [-0.25, -0.2) is 8.78 Å². The summed E-state index contributed by atoms with van der Waals surface area (Å²) in [7, 11) is 0. The minimum atomic E-state index is -3.35. The van der Waals surface area contributed by atoms with Crippen LogP contribution in [0.2, 0.25) is 0 Å². The van der Waals surface area contributed by atoms with Crippen LogP contribution in [0.4, 0.5) is 8.78 Å². The Kier molecular flexibility index (Phi) is 2.38. The van der Waals surface area contributed by atoms with E-state index in [1.165, 1.54) is 18.2 Å². The van der Waals surface area contributed by atoms with Crippen LogP contribution in [-0.4, -0.2) is 16.1 Å². The van der Waals surface area contributed by atoms with E-state index in [0.717, 1.165) is 0 Å². The summed E-state index contributed by atoms with van der Waals surface area (Å²) in [6.07, 6.45) is 0.350. The van der Waals surface area contributed by atoms with Crippen LogP contribution in [0.5, 0.6) is 0 Å². The number of alkyl halides is 2. The van der Waals surface area contributed by atoms with E-state index in [2.05, 4.69) is 4.98 Å². The molecule has 0 radical (unpaired) electrons. The third kappa shape index (κ3) is 1.76. The van der Waals surface area contributed by atoms with Gasteiger partial charge in [-0.15, -0.1) is 0 Å². The average Bonchev–Trinajstić information content (AvgIpc) is 2.62. The third-order valence-corrected chi connectivity index (χ3v) is 2.36. The molecule has 0 aliphatic carbocycles. The number of carbonyl (C=O) groups is 1. The molecule has 0 spiro atoms. The van der Waals surface area contributed by atoms with Crippen molar-refractivity contribution in [3.63, 3.8) is 0 Å². The summed E-state index contributed by atoms with van der Waals surface area (Å²) < 4.78 is 27.2. The molecule has 1 heterocycles. The lowest BCUT2D eigenvalue weighted by Gasteiger charge is -2.15. The predicted molar refractivity (Wildman–Crippen MR) is 54.4 cm³/mol. The van der Waals surface area contributed by atoms with Crippen LogP contribution in [0.15, 0.2) is 30.5 Å². The second-order valence-electron chi connectivity index (χ2n) is 3.52. The summed E-state index contributed by atoms with van der Waals surface area (Å²) in [4.78, 5) is 13.2. The Bertz CT molecular complexity index is 534. The highest BCUT2D eigenvalue weighted by atomic mass is 19.3. The first kappa shape index (κ1) is 10.6. The molecule has 1 aromatic carbocycles. The van der Waals surface area contributed by atoms with E-state index in [0.29, 0.717) is 10.9 Å². The largest absolute Gasteiger partial charge is 0.481 e. The molecule has 0 aliphatic rings. The Hall–Kier alpha value is -1.91. The fourth-order valence-electron chi connectivity index (χ4n) is 1.69. The Morgan fingerprint density at radius 1 is 1.38 bits per heavy atom. The molecule has 0 atom stereocenters. The van der Waals surface area contributed by atoms with E-state index in [9.17, 15) is 13.6 Å². The van der Waals surface area contributed by atoms with Gasteiger partial charge in [-0.2, -0.15) is 0 Å². The van der Waals surface area contributed by atoms with Gasteiger partial charge in [0.1, 0.15) is 6.42 Å². The van der Waals surface area contributed by atoms with Crippen molar-refractivity contribution in [3.8, 4) is 0 Å². The van der Waals surface area contributed by atoms with E-state index >= 15 is 0 Å². The Morgan fingerprint density at radius 2 is 2.12 bits per heavy atom. The van der Waals surface area contributed by atoms with Gasteiger partial charge < -0.3 is 10.1 Å². The Balaban J connectivity index is 2.53. The molecule has 84 valence electrons. The number of nitrogens with one attached hydrogen (secondary N) is 1. The van der Waals surface area contributed by atoms with Crippen LogP contribution in [0.3, 0.4) is 0 Å². The summed E-state index contributed by atoms with van der Waals surface area (Å²) in [5.74, 6) is -4.87. The van der Waals surface area contributed by atoms with Gasteiger partial charge in [0.15, 0.2) is 0 Å². The van der Waals surface area contributed by atoms with E-state index in [-0.39, 0.29) is 5.56 Å². The fraction of sp³-hybridized carbons (Fsp3) is 0.182. The molecule has 2 aromatic rings. The van der Waals surface area contributed by atoms with Gasteiger partial charge in [0, 0.05) is 22.7 Å². The number of fused-ring (bicyclic) bond motifs is 1. The summed E-state index contributed by atoms with van der Waals surface area (Å²) in [6, 6.07) is 5.90. The van der Waals surface area contributed by atoms with Gasteiger partial charge in [0.05, 0.1) is 0 Å². The Morgan fingerprint density at radius 3 is 2.81 bits per heavy atom. The highest BCUT2D eigenvalue weighted by Gasteiger charge is 2.36. The fourth-order valence-corrected chi connectivity index (χ4v) is 1.69. The Labute approximate surface area is 89.7 Å². The molecule has 3 nitrogen and oxygen atoms in total. The number of halogens is 2. The maximum absolute atomic E-state index is 13.6. The molecule has 0 amide bonds. The summed E-state index contributed by atoms with van der Waals surface area (Å²) in [5.41, 5.74) is 0.316. The number of hydrogen-bond donors (Lipinski definition) is 2. The molecule has 0 aliphatic heterocycles. The standard InChI is InChI=1S/C11H9F2NO2/c12-11(13,6-10(15)16)8-2-1-3-9-7(8)4-5-14-9/h1-5,14H,6H2,(H,15,16). The normalized spacial score (nSPS) is 11.9. The van der Waals surface area contributed by atoms with Gasteiger partial charge in [-0.1, -0.05) is 12.1 Å². The van der Waals surface area contributed by atoms with Gasteiger partial charge in [0.25, 0.3) is 5.92 Å². The molecule has 0 bridgehead atoms. The monoisotopic (exact) mass is 225 g/mol. The van der Waals surface area contributed by atoms with E-state index in [1.807, 2.05) is 0 Å². The van der Waals surface area contributed by atoms with Crippen molar-refractivity contribution in [1.82, 2.24) is 4.98 Å². The molecule has 1 aromatic heterocycles. The summed E-state index contributed by atoms with van der Waals surface area (Å²) in [5, 5.41) is 8.80. The first-order valence-corrected chi connectivity index (χ1v) is 4.67. The van der Waals surface area contributed by atoms with Crippen molar-refractivity contribution in [3.05, 3.63) is 36.0 Å². The second kappa shape index (κ2) is 3.59. The van der Waals surface area contributed by atoms with Crippen LogP contribution < -0.4 is 0 Å². The van der Waals surface area contributed by atoms with Crippen molar-refractivity contribution >= 4 is 16.9 Å². The van der Waals surface area contributed by atoms with Crippen molar-refractivity contribution in [2.75, 3.05) is 0 Å². The molecule has 16 heavy (non-hydrogen) atoms. The van der Waals surface area contributed by atoms with Crippen molar-refractivity contribution < 1.29 is 18.7 Å². The number of rotatable bonds is 3. The predicted octanol–water partition coefficient (Wildman–Crippen LogP) is 2.73. The van der Waals surface area contributed by atoms with E-state index < -0.39 is 18.3 Å². The molecule has 2 rings (SSSR count). The molecular weight excluding hydrogens is 216 g/mol. The van der Waals surface area contributed by atoms with Crippen LogP contribution in [0.25, 0.3) is 10.9 Å². The number of aromatic amines is 1. The third-order valence-electron chi connectivity index (χ3n) is 2.36. The minimum Gasteiger partial charge on any atom is -0.481 e. The maximum atomic E-state index is 13.6. The van der Waals surface area contributed by atoms with Crippen LogP contribution >= 0.6 is 0 Å². The van der Waals surface area contributed by atoms with E-state index in [1.54, 1.807) is 12.3 Å². The number of benzene rings is 1. The number of hydrogen-bond acceptors (Lipinski definition) is 1. The zero-order valence-electron chi connectivity index (χ0n) is 8.21. The highest BCUT2D eigenvalue weighted by molar-refractivity contribution is 5.84. The van der Waals surface area contributed by atoms with Crippen molar-refractivity contribution in [2.45, 2.75) is 12.3 Å². The summed E-state index contributed by atoms with van der Waals surface area (Å²) in [6.45, 7) is 0. The smallest absolute Gasteiger partial charge is 0.309 e. The maximum Gasteiger partial charge on any atom is 0.309 e. The quantitative estimate of drug-likeness (QED) is 0.843. The molecule has 2 N–H and O–H groups in total. The average molecular weight is 225 g/mol. The first-order valence-electron chi connectivity index (χ1n) is 4.67. The molecule has 5 heteroatoms. The lowest BCUT2D eigenvalue weighted by atomic mass is 10.0. The zero-order chi connectivity index (χ0) is 11.8. The molecule has 0 saturated carbocycles. The number of aliphatic carboxylic acids is 1. The van der Waals surface area contributed by atoms with Crippen LogP contribution in [0, 0.1) is 0 Å². The number of carboxylic acids is 1. The summed E-state index contributed by atoms with van der Waals surface area (Å²) >= 11 is 0.